The van der Waals surface area contributed by atoms with Gasteiger partial charge in [0, 0.05) is 32.0 Å². The summed E-state index contributed by atoms with van der Waals surface area (Å²) in [4.78, 5) is 38.3. The Hall–Kier alpha value is -3.35. The molecule has 0 spiro atoms. The highest BCUT2D eigenvalue weighted by Crippen LogP contribution is 2.44. The number of carboxylic acid groups (broad SMARTS) is 1. The molecule has 2 N–H and O–H groups in total. The molecule has 1 saturated heterocycles. The number of carbonyl (C=O) groups is 3. The molecule has 0 saturated carbocycles. The van der Waals surface area contributed by atoms with Gasteiger partial charge in [0.2, 0.25) is 5.91 Å². The molecule has 180 valence electrons. The van der Waals surface area contributed by atoms with Crippen LogP contribution in [0.3, 0.4) is 0 Å². The Morgan fingerprint density at radius 2 is 1.68 bits per heavy atom. The lowest BCUT2D eigenvalue weighted by molar-refractivity contribution is -0.153. The first-order chi connectivity index (χ1) is 16.3. The first kappa shape index (κ1) is 23.8. The molecule has 0 bridgehead atoms. The van der Waals surface area contributed by atoms with Crippen LogP contribution < -0.4 is 5.32 Å². The molecule has 34 heavy (non-hydrogen) atoms. The van der Waals surface area contributed by atoms with Gasteiger partial charge < -0.3 is 20.1 Å². The quantitative estimate of drug-likeness (QED) is 0.638. The minimum atomic E-state index is -0.877. The van der Waals surface area contributed by atoms with Crippen molar-refractivity contribution in [1.29, 1.82) is 0 Å². The summed E-state index contributed by atoms with van der Waals surface area (Å²) in [7, 11) is 0. The third kappa shape index (κ3) is 4.79. The third-order valence-corrected chi connectivity index (χ3v) is 7.30. The number of amides is 2. The molecule has 1 aliphatic carbocycles. The Morgan fingerprint density at radius 3 is 2.29 bits per heavy atom. The molecule has 4 rings (SSSR count). The lowest BCUT2D eigenvalue weighted by Crippen LogP contribution is -2.47. The number of carboxylic acids is 1. The highest BCUT2D eigenvalue weighted by molar-refractivity contribution is 5.80. The van der Waals surface area contributed by atoms with Crippen LogP contribution in [-0.4, -0.2) is 54.2 Å². The SMILES string of the molecule is CC(C)(C(=O)O)C1CCCN(C(=O)CCNC(=O)OCC2c3ccccc3-c3ccccc32)C1. The topological polar surface area (TPSA) is 95.9 Å². The second-order valence-corrected chi connectivity index (χ2v) is 9.71. The molecule has 1 atom stereocenters. The van der Waals surface area contributed by atoms with E-state index < -0.39 is 17.5 Å². The zero-order chi connectivity index (χ0) is 24.3. The van der Waals surface area contributed by atoms with Crippen LogP contribution in [0.25, 0.3) is 11.1 Å². The number of alkyl carbamates (subject to hydrolysis) is 1. The number of rotatable bonds is 7. The maximum absolute atomic E-state index is 12.6. The molecule has 2 aromatic rings. The summed E-state index contributed by atoms with van der Waals surface area (Å²) in [6.07, 6.45) is 1.19. The Balaban J connectivity index is 1.25. The number of hydrogen-bond donors (Lipinski definition) is 2. The van der Waals surface area contributed by atoms with Crippen molar-refractivity contribution in [2.45, 2.75) is 39.0 Å². The zero-order valence-electron chi connectivity index (χ0n) is 19.8. The van der Waals surface area contributed by atoms with Crippen LogP contribution >= 0.6 is 0 Å². The first-order valence-corrected chi connectivity index (χ1v) is 11.9. The number of aliphatic carboxylic acids is 1. The van der Waals surface area contributed by atoms with Crippen molar-refractivity contribution in [3.05, 3.63) is 59.7 Å². The molecular formula is C27H32N2O5. The highest BCUT2D eigenvalue weighted by Gasteiger charge is 2.40. The fourth-order valence-electron chi connectivity index (χ4n) is 5.05. The number of nitrogens with one attached hydrogen (secondary N) is 1. The third-order valence-electron chi connectivity index (χ3n) is 7.30. The predicted molar refractivity (Wildman–Crippen MR) is 128 cm³/mol. The van der Waals surface area contributed by atoms with Gasteiger partial charge in [0.05, 0.1) is 5.41 Å². The van der Waals surface area contributed by atoms with Crippen molar-refractivity contribution in [1.82, 2.24) is 10.2 Å². The van der Waals surface area contributed by atoms with Gasteiger partial charge in [-0.3, -0.25) is 9.59 Å². The lowest BCUT2D eigenvalue weighted by Gasteiger charge is -2.39. The average Bonchev–Trinajstić information content (AvgIpc) is 3.16. The van der Waals surface area contributed by atoms with Crippen molar-refractivity contribution in [2.75, 3.05) is 26.2 Å². The molecule has 0 radical (unpaired) electrons. The zero-order valence-corrected chi connectivity index (χ0v) is 19.8. The number of piperidine rings is 1. The number of ether oxygens (including phenoxy) is 1. The minimum absolute atomic E-state index is 0.0114. The van der Waals surface area contributed by atoms with Crippen LogP contribution in [0.2, 0.25) is 0 Å². The van der Waals surface area contributed by atoms with E-state index in [1.54, 1.807) is 18.7 Å². The number of fused-ring (bicyclic) bond motifs is 3. The standard InChI is InChI=1S/C27H32N2O5/c1-27(2,25(31)32)18-8-7-15-29(16-18)24(30)13-14-28-26(33)34-17-23-21-11-5-3-9-19(21)20-10-4-6-12-22(20)23/h3-6,9-12,18,23H,7-8,13-17H2,1-2H3,(H,28,33)(H,31,32). The van der Waals surface area contributed by atoms with Crippen LogP contribution in [0.5, 0.6) is 0 Å². The van der Waals surface area contributed by atoms with E-state index in [1.165, 1.54) is 11.1 Å². The summed E-state index contributed by atoms with van der Waals surface area (Å²) < 4.78 is 5.51. The Morgan fingerprint density at radius 1 is 1.06 bits per heavy atom. The molecule has 2 amide bonds. The molecule has 7 heteroatoms. The average molecular weight is 465 g/mol. The lowest BCUT2D eigenvalue weighted by atomic mass is 9.74. The summed E-state index contributed by atoms with van der Waals surface area (Å²) in [6.45, 7) is 4.89. The van der Waals surface area contributed by atoms with Gasteiger partial charge in [-0.2, -0.15) is 0 Å². The molecule has 1 unspecified atom stereocenters. The number of carbonyl (C=O) groups excluding carboxylic acids is 2. The van der Waals surface area contributed by atoms with Crippen molar-refractivity contribution in [3.8, 4) is 11.1 Å². The van der Waals surface area contributed by atoms with Crippen molar-refractivity contribution in [3.63, 3.8) is 0 Å². The fraction of sp³-hybridized carbons (Fsp3) is 0.444. The molecule has 7 nitrogen and oxygen atoms in total. The maximum atomic E-state index is 12.6. The predicted octanol–water partition coefficient (Wildman–Crippen LogP) is 4.26. The van der Waals surface area contributed by atoms with E-state index in [0.29, 0.717) is 13.1 Å². The molecule has 1 aliphatic heterocycles. The van der Waals surface area contributed by atoms with Gasteiger partial charge >= 0.3 is 12.1 Å². The van der Waals surface area contributed by atoms with Gasteiger partial charge in [0.1, 0.15) is 6.61 Å². The van der Waals surface area contributed by atoms with Gasteiger partial charge in [-0.05, 0) is 54.9 Å². The van der Waals surface area contributed by atoms with Gasteiger partial charge in [-0.1, -0.05) is 48.5 Å². The van der Waals surface area contributed by atoms with Crippen LogP contribution in [0.15, 0.2) is 48.5 Å². The Kier molecular flexibility index (Phi) is 6.91. The van der Waals surface area contributed by atoms with Gasteiger partial charge in [0.15, 0.2) is 0 Å². The van der Waals surface area contributed by atoms with E-state index >= 15 is 0 Å². The molecule has 2 aromatic carbocycles. The molecule has 1 fully saturated rings. The van der Waals surface area contributed by atoms with Gasteiger partial charge in [0.25, 0.3) is 0 Å². The maximum Gasteiger partial charge on any atom is 0.407 e. The van der Waals surface area contributed by atoms with Crippen LogP contribution in [0, 0.1) is 11.3 Å². The van der Waals surface area contributed by atoms with Crippen LogP contribution in [0.4, 0.5) is 4.79 Å². The summed E-state index contributed by atoms with van der Waals surface area (Å²) in [5.41, 5.74) is 3.76. The van der Waals surface area contributed by atoms with E-state index in [4.69, 9.17) is 4.74 Å². The van der Waals surface area contributed by atoms with Crippen molar-refractivity contribution < 1.29 is 24.2 Å². The molecule has 2 aliphatic rings. The van der Waals surface area contributed by atoms with Crippen LogP contribution in [-0.2, 0) is 14.3 Å². The van der Waals surface area contributed by atoms with E-state index in [1.807, 2.05) is 24.3 Å². The molecule has 1 heterocycles. The second-order valence-electron chi connectivity index (χ2n) is 9.71. The summed E-state index contributed by atoms with van der Waals surface area (Å²) in [5, 5.41) is 12.2. The van der Waals surface area contributed by atoms with Crippen molar-refractivity contribution >= 4 is 18.0 Å². The first-order valence-electron chi connectivity index (χ1n) is 11.9. The minimum Gasteiger partial charge on any atom is -0.481 e. The second kappa shape index (κ2) is 9.87. The van der Waals surface area contributed by atoms with Crippen molar-refractivity contribution in [2.24, 2.45) is 11.3 Å². The van der Waals surface area contributed by atoms with Gasteiger partial charge in [-0.25, -0.2) is 4.79 Å². The Bertz CT molecular complexity index is 1030. The van der Waals surface area contributed by atoms with E-state index in [2.05, 4.69) is 29.6 Å². The molecule has 0 aromatic heterocycles. The smallest absolute Gasteiger partial charge is 0.407 e. The largest absolute Gasteiger partial charge is 0.481 e. The van der Waals surface area contributed by atoms with Crippen LogP contribution in [0.1, 0.15) is 50.2 Å². The fourth-order valence-corrected chi connectivity index (χ4v) is 5.05. The Labute approximate surface area is 200 Å². The number of likely N-dealkylation sites (tertiary alicyclic amines) is 1. The summed E-state index contributed by atoms with van der Waals surface area (Å²) in [5.74, 6) is -1.02. The number of hydrogen-bond acceptors (Lipinski definition) is 4. The highest BCUT2D eigenvalue weighted by atomic mass is 16.5. The van der Waals surface area contributed by atoms with E-state index in [-0.39, 0.29) is 37.3 Å². The number of benzene rings is 2. The van der Waals surface area contributed by atoms with Gasteiger partial charge in [-0.15, -0.1) is 0 Å². The normalized spacial score (nSPS) is 17.6. The molecular weight excluding hydrogens is 432 g/mol. The number of nitrogens with zero attached hydrogens (tertiary/aromatic N) is 1. The summed E-state index contributed by atoms with van der Waals surface area (Å²) in [6, 6.07) is 16.3. The summed E-state index contributed by atoms with van der Waals surface area (Å²) >= 11 is 0. The monoisotopic (exact) mass is 464 g/mol. The van der Waals surface area contributed by atoms with E-state index in [9.17, 15) is 19.5 Å². The van der Waals surface area contributed by atoms with E-state index in [0.717, 1.165) is 24.0 Å².